The smallest absolute Gasteiger partial charge is 0.195 e. The van der Waals surface area contributed by atoms with Crippen molar-refractivity contribution in [2.24, 2.45) is 0 Å². The van der Waals surface area contributed by atoms with Crippen LogP contribution in [0.1, 0.15) is 83.1 Å². The van der Waals surface area contributed by atoms with Crippen molar-refractivity contribution in [3.05, 3.63) is 0 Å². The molecule has 0 atom stereocenters. The molecule has 0 aromatic rings. The van der Waals surface area contributed by atoms with Crippen molar-refractivity contribution < 1.29 is 0 Å². The summed E-state index contributed by atoms with van der Waals surface area (Å²) >= 11 is 5.51. The van der Waals surface area contributed by atoms with Crippen molar-refractivity contribution in [3.63, 3.8) is 0 Å². The number of hydrogen-bond donors (Lipinski definition) is 1. The van der Waals surface area contributed by atoms with E-state index >= 15 is 0 Å². The molecule has 0 radical (unpaired) electrons. The van der Waals surface area contributed by atoms with Gasteiger partial charge in [-0.1, -0.05) is 0 Å². The van der Waals surface area contributed by atoms with E-state index in [1.165, 1.54) is 6.67 Å². The van der Waals surface area contributed by atoms with Gasteiger partial charge < -0.3 is 18.3 Å². The first-order valence-corrected chi connectivity index (χ1v) is 14.8. The van der Waals surface area contributed by atoms with Crippen molar-refractivity contribution in [1.82, 2.24) is 18.3 Å². The summed E-state index contributed by atoms with van der Waals surface area (Å²) in [4.78, 5) is 3.19. The fourth-order valence-electron chi connectivity index (χ4n) is 2.23. The third-order valence-electron chi connectivity index (χ3n) is 4.47. The molecule has 25 heavy (non-hydrogen) atoms. The Morgan fingerprint density at radius 1 is 0.720 bits per heavy atom. The molecule has 1 heterocycles. The highest BCUT2D eigenvalue weighted by Crippen LogP contribution is 2.25. The molecule has 0 aromatic heterocycles. The van der Waals surface area contributed by atoms with E-state index in [1.807, 2.05) is 0 Å². The minimum Gasteiger partial charge on any atom is -0.326 e. The number of hydrogen-bond acceptors (Lipinski definition) is 4. The summed E-state index contributed by atoms with van der Waals surface area (Å²) in [6.45, 7) is 28.8. The van der Waals surface area contributed by atoms with Crippen LogP contribution in [-0.4, -0.2) is 70.9 Å². The molecular formula is C17H45ClN4Si3. The Bertz CT molecular complexity index is 341. The van der Waals surface area contributed by atoms with Gasteiger partial charge in [-0.25, -0.2) is 0 Å². The topological polar surface area (TPSA) is 21.8 Å². The van der Waals surface area contributed by atoms with Crippen LogP contribution in [0.5, 0.6) is 0 Å². The van der Waals surface area contributed by atoms with Gasteiger partial charge in [0, 0.05) is 28.8 Å². The minimum atomic E-state index is -0.468. The van der Waals surface area contributed by atoms with Crippen LogP contribution in [0.25, 0.3) is 0 Å². The second kappa shape index (κ2) is 9.32. The fourth-order valence-corrected chi connectivity index (χ4v) is 9.10. The highest BCUT2D eigenvalue weighted by Gasteiger charge is 2.38. The van der Waals surface area contributed by atoms with E-state index in [0.717, 1.165) is 0 Å². The van der Waals surface area contributed by atoms with Crippen LogP contribution in [0, 0.1) is 0 Å². The molecule has 152 valence electrons. The molecule has 0 saturated carbocycles. The minimum absolute atomic E-state index is 0.230. The fraction of sp³-hybridized carbons (Fsp3) is 1.00. The van der Waals surface area contributed by atoms with E-state index in [9.17, 15) is 0 Å². The molecule has 1 saturated heterocycles. The summed E-state index contributed by atoms with van der Waals surface area (Å²) in [7, 11) is -1.02. The summed E-state index contributed by atoms with van der Waals surface area (Å²) in [5, 5.41) is 0. The van der Waals surface area contributed by atoms with Crippen molar-refractivity contribution in [2.75, 3.05) is 6.67 Å². The molecule has 0 aromatic carbocycles. The highest BCUT2D eigenvalue weighted by atomic mass is 35.6. The average Bonchev–Trinajstić information content (AvgIpc) is 2.34. The number of nitrogens with one attached hydrogen (secondary N) is 1. The maximum Gasteiger partial charge on any atom is 0.195 e. The lowest BCUT2D eigenvalue weighted by atomic mass is 10.1. The molecule has 0 spiro atoms. The first kappa shape index (κ1) is 25.8. The van der Waals surface area contributed by atoms with Crippen LogP contribution >= 0.6 is 11.1 Å². The molecule has 8 heteroatoms. The molecule has 1 rings (SSSR count). The predicted octanol–water partition coefficient (Wildman–Crippen LogP) is 1.87. The van der Waals surface area contributed by atoms with Crippen LogP contribution in [0.15, 0.2) is 0 Å². The van der Waals surface area contributed by atoms with Crippen molar-refractivity contribution in [2.45, 2.75) is 105 Å². The van der Waals surface area contributed by atoms with Gasteiger partial charge >= 0.3 is 0 Å². The van der Waals surface area contributed by atoms with E-state index in [0.29, 0.717) is 16.6 Å². The van der Waals surface area contributed by atoms with E-state index in [2.05, 4.69) is 101 Å². The van der Waals surface area contributed by atoms with Gasteiger partial charge in [-0.15, -0.1) is 0 Å². The SMILES string of the molecule is CC(C)(C)N1CN(C(C)(C)C)[SiH2]N(C(C)(C)C)[SiH2]1.CC(C)(C)N[SiH2]Cl. The van der Waals surface area contributed by atoms with Crippen molar-refractivity contribution in [1.29, 1.82) is 0 Å². The summed E-state index contributed by atoms with van der Waals surface area (Å²) in [6, 6.07) is 0. The first-order chi connectivity index (χ1) is 10.9. The zero-order valence-corrected chi connectivity index (χ0v) is 24.0. The maximum absolute atomic E-state index is 5.51. The number of rotatable bonds is 1. The molecule has 0 bridgehead atoms. The Balaban J connectivity index is 0.000000697. The van der Waals surface area contributed by atoms with Gasteiger partial charge in [0.2, 0.25) is 0 Å². The molecule has 1 fully saturated rings. The van der Waals surface area contributed by atoms with E-state index < -0.39 is 8.99 Å². The van der Waals surface area contributed by atoms with Crippen LogP contribution in [0.2, 0.25) is 0 Å². The van der Waals surface area contributed by atoms with E-state index in [-0.39, 0.29) is 25.2 Å². The van der Waals surface area contributed by atoms with Gasteiger partial charge in [0.05, 0.1) is 0 Å². The summed E-state index contributed by atoms with van der Waals surface area (Å²) in [5.41, 5.74) is 1.17. The Labute approximate surface area is 170 Å². The zero-order valence-electron chi connectivity index (χ0n) is 19.0. The third kappa shape index (κ3) is 10.6. The number of nitrogens with zero attached hydrogens (tertiary/aromatic N) is 3. The van der Waals surface area contributed by atoms with Gasteiger partial charge in [0.25, 0.3) is 0 Å². The van der Waals surface area contributed by atoms with Gasteiger partial charge in [-0.2, -0.15) is 11.1 Å². The van der Waals surface area contributed by atoms with Gasteiger partial charge in [0.15, 0.2) is 28.7 Å². The molecule has 4 nitrogen and oxygen atoms in total. The maximum atomic E-state index is 5.51. The molecule has 1 N–H and O–H groups in total. The van der Waals surface area contributed by atoms with Gasteiger partial charge in [-0.3, -0.25) is 0 Å². The molecule has 0 aliphatic carbocycles. The van der Waals surface area contributed by atoms with Crippen LogP contribution in [0.4, 0.5) is 0 Å². The van der Waals surface area contributed by atoms with Gasteiger partial charge in [0.1, 0.15) is 0 Å². The zero-order chi connectivity index (χ0) is 20.3. The van der Waals surface area contributed by atoms with Crippen molar-refractivity contribution in [3.8, 4) is 0 Å². The molecule has 1 aliphatic heterocycles. The summed E-state index contributed by atoms with van der Waals surface area (Å²) < 4.78 is 8.31. The van der Waals surface area contributed by atoms with Crippen LogP contribution in [0.3, 0.4) is 0 Å². The lowest BCUT2D eigenvalue weighted by molar-refractivity contribution is 0.0979. The second-order valence-electron chi connectivity index (χ2n) is 11.1. The predicted molar refractivity (Wildman–Crippen MR) is 124 cm³/mol. The van der Waals surface area contributed by atoms with E-state index in [4.69, 9.17) is 11.1 Å². The largest absolute Gasteiger partial charge is 0.326 e. The lowest BCUT2D eigenvalue weighted by Gasteiger charge is -2.54. The molecule has 0 unspecified atom stereocenters. The summed E-state index contributed by atoms with van der Waals surface area (Å²) in [6.07, 6.45) is 0. The molecular weight excluding hydrogens is 380 g/mol. The summed E-state index contributed by atoms with van der Waals surface area (Å²) in [5.74, 6) is 0. The lowest BCUT2D eigenvalue weighted by Crippen LogP contribution is -2.70. The monoisotopic (exact) mass is 424 g/mol. The van der Waals surface area contributed by atoms with Crippen LogP contribution < -0.4 is 4.98 Å². The number of halogens is 1. The normalized spacial score (nSPS) is 22.0. The first-order valence-electron chi connectivity index (χ1n) is 9.44. The quantitative estimate of drug-likeness (QED) is 0.512. The average molecular weight is 425 g/mol. The Morgan fingerprint density at radius 3 is 1.24 bits per heavy atom. The van der Waals surface area contributed by atoms with Crippen molar-refractivity contribution >= 4 is 39.8 Å². The van der Waals surface area contributed by atoms with Gasteiger partial charge in [-0.05, 0) is 83.1 Å². The Morgan fingerprint density at radius 2 is 1.08 bits per heavy atom. The molecule has 0 amide bonds. The third-order valence-corrected chi connectivity index (χ3v) is 12.8. The second-order valence-corrected chi connectivity index (χ2v) is 17.1. The van der Waals surface area contributed by atoms with E-state index in [1.54, 1.807) is 0 Å². The Hall–Kier alpha value is 0.781. The molecule has 1 aliphatic rings. The van der Waals surface area contributed by atoms with Crippen LogP contribution in [-0.2, 0) is 0 Å². The highest BCUT2D eigenvalue weighted by molar-refractivity contribution is 6.92. The Kier molecular flexibility index (Phi) is 9.61. The standard InChI is InChI=1S/C13H33N3Si2.C4H12ClNSi/c1-11(2,3)14-10-15(12(4,5)6)18-16(17-14)13(7,8)9;1-4(2,3)6-7-5/h10,17-18H2,1-9H3;6H,7H2,1-3H3.